The van der Waals surface area contributed by atoms with Crippen molar-refractivity contribution in [3.63, 3.8) is 0 Å². The molecule has 2 aromatic carbocycles. The monoisotopic (exact) mass is 349 g/mol. The summed E-state index contributed by atoms with van der Waals surface area (Å²) in [5.41, 5.74) is 1.01. The van der Waals surface area contributed by atoms with Gasteiger partial charge in [0.25, 0.3) is 0 Å². The summed E-state index contributed by atoms with van der Waals surface area (Å²) in [6.45, 7) is 1.73. The number of hydrogen-bond acceptors (Lipinski definition) is 4. The molecular formula is C17H16ClNO3S. The summed E-state index contributed by atoms with van der Waals surface area (Å²) in [6.07, 6.45) is 1.06. The van der Waals surface area contributed by atoms with E-state index in [0.29, 0.717) is 9.92 Å². The van der Waals surface area contributed by atoms with Gasteiger partial charge >= 0.3 is 0 Å². The van der Waals surface area contributed by atoms with Crippen molar-refractivity contribution in [1.82, 2.24) is 5.32 Å². The molecule has 120 valence electrons. The number of fused-ring (bicyclic) bond motifs is 3. The van der Waals surface area contributed by atoms with E-state index < -0.39 is 9.84 Å². The number of ether oxygens (including phenoxy) is 1. The molecule has 0 aliphatic carbocycles. The number of sulfone groups is 1. The summed E-state index contributed by atoms with van der Waals surface area (Å²) < 4.78 is 31.5. The third kappa shape index (κ3) is 2.53. The number of benzene rings is 2. The van der Waals surface area contributed by atoms with Gasteiger partial charge in [0.15, 0.2) is 0 Å². The molecule has 4 rings (SSSR count). The second-order valence-electron chi connectivity index (χ2n) is 5.91. The van der Waals surface area contributed by atoms with E-state index in [2.05, 4.69) is 5.32 Å². The minimum absolute atomic E-state index is 0.104. The lowest BCUT2D eigenvalue weighted by molar-refractivity contribution is 0.177. The predicted octanol–water partition coefficient (Wildman–Crippen LogP) is 3.01. The van der Waals surface area contributed by atoms with Crippen LogP contribution in [0.4, 0.5) is 0 Å². The molecule has 1 N–H and O–H groups in total. The maximum Gasteiger partial charge on any atom is 0.206 e. The summed E-state index contributed by atoms with van der Waals surface area (Å²) in [5, 5.41) is 3.83. The van der Waals surface area contributed by atoms with Crippen molar-refractivity contribution in [2.75, 3.05) is 13.1 Å². The van der Waals surface area contributed by atoms with Crippen LogP contribution in [0.2, 0.25) is 5.02 Å². The van der Waals surface area contributed by atoms with E-state index in [1.807, 2.05) is 0 Å². The topological polar surface area (TPSA) is 55.4 Å². The second-order valence-corrected chi connectivity index (χ2v) is 8.30. The molecule has 0 spiro atoms. The van der Waals surface area contributed by atoms with Crippen LogP contribution in [0.25, 0.3) is 0 Å². The number of rotatable bonds is 2. The molecule has 6 heteroatoms. The van der Waals surface area contributed by atoms with Gasteiger partial charge < -0.3 is 10.1 Å². The van der Waals surface area contributed by atoms with Crippen LogP contribution in [0.5, 0.6) is 5.75 Å². The van der Waals surface area contributed by atoms with Crippen LogP contribution in [0.1, 0.15) is 17.9 Å². The van der Waals surface area contributed by atoms with Crippen molar-refractivity contribution >= 4 is 21.4 Å². The molecule has 0 amide bonds. The van der Waals surface area contributed by atoms with E-state index in [1.54, 1.807) is 30.3 Å². The highest BCUT2D eigenvalue weighted by Gasteiger charge is 2.37. The van der Waals surface area contributed by atoms with Crippen LogP contribution in [-0.2, 0) is 9.84 Å². The van der Waals surface area contributed by atoms with E-state index in [-0.39, 0.29) is 16.9 Å². The first-order chi connectivity index (χ1) is 11.1. The standard InChI is InChI=1S/C17H16ClNO3S/c18-11-1-3-12(4-2-11)23(20,21)13-5-6-16-15(9-13)14-7-8-19-10-17(14)22-16/h1-6,9,14,17,19H,7-8,10H2. The Morgan fingerprint density at radius 2 is 1.83 bits per heavy atom. The first-order valence-corrected chi connectivity index (χ1v) is 9.44. The highest BCUT2D eigenvalue weighted by molar-refractivity contribution is 7.91. The molecule has 0 saturated carbocycles. The third-order valence-electron chi connectivity index (χ3n) is 4.52. The lowest BCUT2D eigenvalue weighted by atomic mass is 9.90. The average Bonchev–Trinajstić information content (AvgIpc) is 2.93. The van der Waals surface area contributed by atoms with Crippen molar-refractivity contribution in [3.05, 3.63) is 53.1 Å². The van der Waals surface area contributed by atoms with Gasteiger partial charge in [-0.3, -0.25) is 0 Å². The summed E-state index contributed by atoms with van der Waals surface area (Å²) in [7, 11) is -3.54. The van der Waals surface area contributed by atoms with Crippen molar-refractivity contribution in [3.8, 4) is 5.75 Å². The molecule has 1 saturated heterocycles. The number of halogens is 1. The second kappa shape index (κ2) is 5.51. The fourth-order valence-electron chi connectivity index (χ4n) is 3.31. The van der Waals surface area contributed by atoms with Gasteiger partial charge in [0.05, 0.1) is 9.79 Å². The molecule has 2 heterocycles. The molecule has 23 heavy (non-hydrogen) atoms. The van der Waals surface area contributed by atoms with Crippen molar-refractivity contribution in [1.29, 1.82) is 0 Å². The van der Waals surface area contributed by atoms with Crippen LogP contribution in [0.3, 0.4) is 0 Å². The third-order valence-corrected chi connectivity index (χ3v) is 6.54. The molecule has 2 atom stereocenters. The van der Waals surface area contributed by atoms with Gasteiger partial charge in [-0.05, 0) is 55.4 Å². The van der Waals surface area contributed by atoms with Gasteiger partial charge in [0.2, 0.25) is 9.84 Å². The SMILES string of the molecule is O=S(=O)(c1ccc(Cl)cc1)c1ccc2c(c1)C1CCNCC1O2. The minimum atomic E-state index is -3.54. The van der Waals surface area contributed by atoms with Gasteiger partial charge in [0.1, 0.15) is 11.9 Å². The Kier molecular flexibility index (Phi) is 3.59. The highest BCUT2D eigenvalue weighted by atomic mass is 35.5. The van der Waals surface area contributed by atoms with Crippen LogP contribution >= 0.6 is 11.6 Å². The number of hydrogen-bond donors (Lipinski definition) is 1. The Morgan fingerprint density at radius 3 is 2.61 bits per heavy atom. The van der Waals surface area contributed by atoms with Gasteiger partial charge in [-0.25, -0.2) is 8.42 Å². The summed E-state index contributed by atoms with van der Waals surface area (Å²) >= 11 is 5.84. The van der Waals surface area contributed by atoms with Gasteiger partial charge in [-0.1, -0.05) is 11.6 Å². The fraction of sp³-hybridized carbons (Fsp3) is 0.294. The zero-order chi connectivity index (χ0) is 16.0. The van der Waals surface area contributed by atoms with Gasteiger partial charge in [-0.2, -0.15) is 0 Å². The first-order valence-electron chi connectivity index (χ1n) is 7.58. The Morgan fingerprint density at radius 1 is 1.09 bits per heavy atom. The minimum Gasteiger partial charge on any atom is -0.488 e. The Hall–Kier alpha value is -1.56. The molecule has 2 aliphatic heterocycles. The Balaban J connectivity index is 1.75. The van der Waals surface area contributed by atoms with Crippen LogP contribution in [0.15, 0.2) is 52.3 Å². The van der Waals surface area contributed by atoms with E-state index in [4.69, 9.17) is 16.3 Å². The molecule has 0 radical (unpaired) electrons. The van der Waals surface area contributed by atoms with Crippen molar-refractivity contribution in [2.45, 2.75) is 28.2 Å². The lowest BCUT2D eigenvalue weighted by Crippen LogP contribution is -2.39. The zero-order valence-electron chi connectivity index (χ0n) is 12.3. The number of piperidine rings is 1. The summed E-state index contributed by atoms with van der Waals surface area (Å²) in [6, 6.07) is 11.4. The largest absolute Gasteiger partial charge is 0.488 e. The molecule has 0 bridgehead atoms. The average molecular weight is 350 g/mol. The summed E-state index contributed by atoms with van der Waals surface area (Å²) in [5.74, 6) is 1.07. The smallest absolute Gasteiger partial charge is 0.206 e. The molecule has 2 unspecified atom stereocenters. The fourth-order valence-corrected chi connectivity index (χ4v) is 4.74. The van der Waals surface area contributed by atoms with Crippen molar-refractivity contribution in [2.24, 2.45) is 0 Å². The Labute approximate surface area is 140 Å². The highest BCUT2D eigenvalue weighted by Crippen LogP contribution is 2.42. The normalized spacial score (nSPS) is 23.0. The van der Waals surface area contributed by atoms with Crippen LogP contribution in [-0.4, -0.2) is 27.6 Å². The quantitative estimate of drug-likeness (QED) is 0.905. The Bertz CT molecular complexity index is 849. The molecule has 2 aromatic rings. The molecule has 2 aliphatic rings. The molecular weight excluding hydrogens is 334 g/mol. The lowest BCUT2D eigenvalue weighted by Gasteiger charge is -2.24. The maximum absolute atomic E-state index is 12.8. The van der Waals surface area contributed by atoms with E-state index >= 15 is 0 Å². The van der Waals surface area contributed by atoms with E-state index in [9.17, 15) is 8.42 Å². The molecule has 0 aromatic heterocycles. The molecule has 4 nitrogen and oxygen atoms in total. The van der Waals surface area contributed by atoms with E-state index in [1.165, 1.54) is 12.1 Å². The first kappa shape index (κ1) is 15.0. The van der Waals surface area contributed by atoms with Crippen LogP contribution in [0, 0.1) is 0 Å². The zero-order valence-corrected chi connectivity index (χ0v) is 13.9. The number of nitrogens with one attached hydrogen (secondary N) is 1. The van der Waals surface area contributed by atoms with Crippen molar-refractivity contribution < 1.29 is 13.2 Å². The van der Waals surface area contributed by atoms with Gasteiger partial charge in [-0.15, -0.1) is 0 Å². The van der Waals surface area contributed by atoms with E-state index in [0.717, 1.165) is 30.8 Å². The maximum atomic E-state index is 12.8. The van der Waals surface area contributed by atoms with Gasteiger partial charge in [0, 0.05) is 23.0 Å². The van der Waals surface area contributed by atoms with Crippen LogP contribution < -0.4 is 10.1 Å². The molecule has 1 fully saturated rings. The predicted molar refractivity (Wildman–Crippen MR) is 88.0 cm³/mol. The summed E-state index contributed by atoms with van der Waals surface area (Å²) in [4.78, 5) is 0.559.